The highest BCUT2D eigenvalue weighted by atomic mass is 32.2. The molecule has 1 aliphatic heterocycles. The molecule has 0 saturated carbocycles. The second-order valence-electron chi connectivity index (χ2n) is 2.89. The molecule has 1 nitrogen and oxygen atoms in total. The van der Waals surface area contributed by atoms with Crippen LogP contribution in [0.3, 0.4) is 0 Å². The van der Waals surface area contributed by atoms with Gasteiger partial charge in [0.15, 0.2) is 0 Å². The van der Waals surface area contributed by atoms with E-state index >= 15 is 0 Å². The third-order valence-electron chi connectivity index (χ3n) is 1.45. The summed E-state index contributed by atoms with van der Waals surface area (Å²) in [5.74, 6) is 3.81. The molecule has 1 saturated heterocycles. The molecule has 0 aromatic rings. The minimum Gasteiger partial charge on any atom is -0.365 e. The molecule has 0 aromatic carbocycles. The van der Waals surface area contributed by atoms with E-state index in [2.05, 4.69) is 13.8 Å². The SMILES string of the molecule is CC(C)OC1CCSCCS1. The van der Waals surface area contributed by atoms with E-state index in [0.717, 1.165) is 0 Å². The van der Waals surface area contributed by atoms with Crippen LogP contribution in [0.25, 0.3) is 0 Å². The lowest BCUT2D eigenvalue weighted by Crippen LogP contribution is -2.14. The van der Waals surface area contributed by atoms with E-state index in [1.807, 2.05) is 23.5 Å². The Balaban J connectivity index is 2.20. The van der Waals surface area contributed by atoms with E-state index in [4.69, 9.17) is 4.74 Å². The van der Waals surface area contributed by atoms with Crippen molar-refractivity contribution < 1.29 is 4.74 Å². The second-order valence-corrected chi connectivity index (χ2v) is 5.38. The summed E-state index contributed by atoms with van der Waals surface area (Å²) in [4.78, 5) is 0. The van der Waals surface area contributed by atoms with Crippen LogP contribution in [0, 0.1) is 0 Å². The van der Waals surface area contributed by atoms with Crippen LogP contribution in [0.5, 0.6) is 0 Å². The molecule has 0 bridgehead atoms. The van der Waals surface area contributed by atoms with Gasteiger partial charge < -0.3 is 4.74 Å². The standard InChI is InChI=1S/C8H16OS2/c1-7(2)9-8-3-4-10-5-6-11-8/h7-8H,3-6H2,1-2H3. The quantitative estimate of drug-likeness (QED) is 0.665. The summed E-state index contributed by atoms with van der Waals surface area (Å²) in [6, 6.07) is 0. The number of thioether (sulfide) groups is 2. The fourth-order valence-electron chi connectivity index (χ4n) is 1.01. The third-order valence-corrected chi connectivity index (χ3v) is 3.89. The number of hydrogen-bond acceptors (Lipinski definition) is 3. The number of hydrogen-bond donors (Lipinski definition) is 0. The van der Waals surface area contributed by atoms with Gasteiger partial charge in [-0.1, -0.05) is 0 Å². The minimum absolute atomic E-state index is 0.385. The van der Waals surface area contributed by atoms with E-state index < -0.39 is 0 Å². The topological polar surface area (TPSA) is 9.23 Å². The molecule has 1 atom stereocenters. The molecule has 1 aliphatic rings. The van der Waals surface area contributed by atoms with E-state index in [9.17, 15) is 0 Å². The summed E-state index contributed by atoms with van der Waals surface area (Å²) < 4.78 is 5.72. The molecular formula is C8H16OS2. The zero-order chi connectivity index (χ0) is 8.10. The van der Waals surface area contributed by atoms with Crippen LogP contribution in [0.4, 0.5) is 0 Å². The van der Waals surface area contributed by atoms with Crippen LogP contribution in [0.2, 0.25) is 0 Å². The van der Waals surface area contributed by atoms with Crippen molar-refractivity contribution in [3.63, 3.8) is 0 Å². The molecule has 0 amide bonds. The Bertz CT molecular complexity index is 98.3. The van der Waals surface area contributed by atoms with Gasteiger partial charge in [-0.3, -0.25) is 0 Å². The zero-order valence-corrected chi connectivity index (χ0v) is 8.84. The van der Waals surface area contributed by atoms with Crippen molar-refractivity contribution in [2.45, 2.75) is 31.8 Å². The van der Waals surface area contributed by atoms with E-state index in [1.54, 1.807) is 0 Å². The van der Waals surface area contributed by atoms with Crippen molar-refractivity contribution in [3.8, 4) is 0 Å². The largest absolute Gasteiger partial charge is 0.365 e. The molecule has 0 spiro atoms. The molecule has 1 heterocycles. The first-order chi connectivity index (χ1) is 5.29. The van der Waals surface area contributed by atoms with Crippen molar-refractivity contribution in [1.29, 1.82) is 0 Å². The van der Waals surface area contributed by atoms with E-state index in [1.165, 1.54) is 23.7 Å². The maximum atomic E-state index is 5.72. The highest BCUT2D eigenvalue weighted by Crippen LogP contribution is 2.24. The maximum absolute atomic E-state index is 5.72. The van der Waals surface area contributed by atoms with Gasteiger partial charge >= 0.3 is 0 Å². The van der Waals surface area contributed by atoms with Gasteiger partial charge in [-0.05, 0) is 26.0 Å². The molecule has 1 fully saturated rings. The van der Waals surface area contributed by atoms with Crippen molar-refractivity contribution in [2.24, 2.45) is 0 Å². The van der Waals surface area contributed by atoms with Crippen LogP contribution >= 0.6 is 23.5 Å². The Morgan fingerprint density at radius 1 is 1.27 bits per heavy atom. The first-order valence-corrected chi connectivity index (χ1v) is 6.34. The van der Waals surface area contributed by atoms with Gasteiger partial charge in [-0.15, -0.1) is 11.8 Å². The lowest BCUT2D eigenvalue weighted by molar-refractivity contribution is 0.0585. The van der Waals surface area contributed by atoms with Gasteiger partial charge in [0.05, 0.1) is 6.10 Å². The molecule has 66 valence electrons. The van der Waals surface area contributed by atoms with Gasteiger partial charge in [0.25, 0.3) is 0 Å². The monoisotopic (exact) mass is 192 g/mol. The molecule has 0 aliphatic carbocycles. The average Bonchev–Trinajstić information content (AvgIpc) is 2.14. The Morgan fingerprint density at radius 2 is 2.09 bits per heavy atom. The number of ether oxygens (including phenoxy) is 1. The van der Waals surface area contributed by atoms with Crippen molar-refractivity contribution in [3.05, 3.63) is 0 Å². The van der Waals surface area contributed by atoms with E-state index in [0.29, 0.717) is 11.5 Å². The van der Waals surface area contributed by atoms with Crippen LogP contribution in [0.15, 0.2) is 0 Å². The summed E-state index contributed by atoms with van der Waals surface area (Å²) in [5, 5.41) is 0. The van der Waals surface area contributed by atoms with Gasteiger partial charge in [0.1, 0.15) is 5.44 Å². The first kappa shape index (κ1) is 9.75. The van der Waals surface area contributed by atoms with E-state index in [-0.39, 0.29) is 0 Å². The summed E-state index contributed by atoms with van der Waals surface area (Å²) in [6.07, 6.45) is 1.60. The third kappa shape index (κ3) is 4.28. The second kappa shape index (κ2) is 5.33. The van der Waals surface area contributed by atoms with Crippen molar-refractivity contribution in [2.75, 3.05) is 17.3 Å². The normalized spacial score (nSPS) is 27.0. The fourth-order valence-corrected chi connectivity index (χ4v) is 3.45. The first-order valence-electron chi connectivity index (χ1n) is 4.14. The van der Waals surface area contributed by atoms with Crippen LogP contribution in [-0.2, 0) is 4.74 Å². The van der Waals surface area contributed by atoms with Crippen LogP contribution in [-0.4, -0.2) is 28.8 Å². The molecule has 1 unspecified atom stereocenters. The predicted octanol–water partition coefficient (Wildman–Crippen LogP) is 2.61. The Kier molecular flexibility index (Phi) is 4.72. The molecule has 0 aromatic heterocycles. The molecule has 1 rings (SSSR count). The molecule has 0 N–H and O–H groups in total. The fraction of sp³-hybridized carbons (Fsp3) is 1.00. The number of rotatable bonds is 2. The Labute approximate surface area is 77.6 Å². The van der Waals surface area contributed by atoms with Gasteiger partial charge in [0.2, 0.25) is 0 Å². The lowest BCUT2D eigenvalue weighted by Gasteiger charge is -2.16. The summed E-state index contributed by atoms with van der Waals surface area (Å²) >= 11 is 4.02. The Hall–Kier alpha value is 0.660. The Morgan fingerprint density at radius 3 is 2.82 bits per heavy atom. The minimum atomic E-state index is 0.385. The van der Waals surface area contributed by atoms with Crippen molar-refractivity contribution in [1.82, 2.24) is 0 Å². The van der Waals surface area contributed by atoms with Gasteiger partial charge in [0, 0.05) is 11.5 Å². The zero-order valence-electron chi connectivity index (χ0n) is 7.21. The summed E-state index contributed by atoms with van der Waals surface area (Å²) in [6.45, 7) is 4.22. The van der Waals surface area contributed by atoms with Crippen LogP contribution < -0.4 is 0 Å². The van der Waals surface area contributed by atoms with Crippen LogP contribution in [0.1, 0.15) is 20.3 Å². The molecule has 3 heteroatoms. The highest BCUT2D eigenvalue weighted by Gasteiger charge is 2.13. The lowest BCUT2D eigenvalue weighted by atomic mass is 10.4. The summed E-state index contributed by atoms with van der Waals surface area (Å²) in [5.41, 5.74) is 0.463. The smallest absolute Gasteiger partial charge is 0.104 e. The highest BCUT2D eigenvalue weighted by molar-refractivity contribution is 8.03. The van der Waals surface area contributed by atoms with Crippen molar-refractivity contribution >= 4 is 23.5 Å². The molecule has 11 heavy (non-hydrogen) atoms. The van der Waals surface area contributed by atoms with Gasteiger partial charge in [-0.2, -0.15) is 11.8 Å². The summed E-state index contributed by atoms with van der Waals surface area (Å²) in [7, 11) is 0. The maximum Gasteiger partial charge on any atom is 0.104 e. The molecule has 0 radical (unpaired) electrons. The van der Waals surface area contributed by atoms with Gasteiger partial charge in [-0.25, -0.2) is 0 Å². The predicted molar refractivity (Wildman–Crippen MR) is 54.4 cm³/mol. The average molecular weight is 192 g/mol. The molecular weight excluding hydrogens is 176 g/mol.